The summed E-state index contributed by atoms with van der Waals surface area (Å²) in [6.07, 6.45) is 4.77. The maximum atomic E-state index is 13.2. The molecule has 4 fully saturated rings. The maximum absolute atomic E-state index is 13.2. The number of hydrogen-bond donors (Lipinski definition) is 1. The number of anilines is 1. The first-order valence-electron chi connectivity index (χ1n) is 11.1. The van der Waals surface area contributed by atoms with Gasteiger partial charge in [0, 0.05) is 49.7 Å². The first kappa shape index (κ1) is 20.7. The van der Waals surface area contributed by atoms with Crippen LogP contribution in [0.1, 0.15) is 31.4 Å². The molecular weight excluding hydrogens is 420 g/mol. The van der Waals surface area contributed by atoms with E-state index in [0.29, 0.717) is 39.9 Å². The number of rotatable bonds is 4. The van der Waals surface area contributed by atoms with Crippen LogP contribution in [0.5, 0.6) is 0 Å². The van der Waals surface area contributed by atoms with E-state index in [9.17, 15) is 9.59 Å². The second-order valence-electron chi connectivity index (χ2n) is 9.03. The summed E-state index contributed by atoms with van der Waals surface area (Å²) in [5.41, 5.74) is 0. The highest BCUT2D eigenvalue weighted by molar-refractivity contribution is 8.21. The van der Waals surface area contributed by atoms with Gasteiger partial charge in [-0.1, -0.05) is 5.16 Å². The first-order valence-corrected chi connectivity index (χ1v) is 13.0. The number of thioether (sulfide) groups is 2. The highest BCUT2D eigenvalue weighted by Crippen LogP contribution is 2.65. The number of piperazine rings is 1. The molecule has 0 radical (unpaired) electrons. The van der Waals surface area contributed by atoms with E-state index >= 15 is 0 Å². The van der Waals surface area contributed by atoms with E-state index in [-0.39, 0.29) is 11.8 Å². The fourth-order valence-electron chi connectivity index (χ4n) is 5.80. The molecular formula is C21H30N4O3S2. The zero-order valence-corrected chi connectivity index (χ0v) is 19.1. The van der Waals surface area contributed by atoms with Gasteiger partial charge in [-0.25, -0.2) is 0 Å². The van der Waals surface area contributed by atoms with Gasteiger partial charge in [-0.3, -0.25) is 14.5 Å². The quantitative estimate of drug-likeness (QED) is 0.756. The number of carbonyl (C=O) groups excluding carboxylic acids is 2. The molecule has 1 N–H and O–H groups in total. The number of nitrogens with zero attached hydrogens (tertiary/aromatic N) is 3. The molecule has 0 aromatic carbocycles. The van der Waals surface area contributed by atoms with Gasteiger partial charge in [0.1, 0.15) is 5.76 Å². The molecule has 5 rings (SSSR count). The summed E-state index contributed by atoms with van der Waals surface area (Å²) < 4.78 is 5.41. The minimum absolute atomic E-state index is 0.0937. The normalized spacial score (nSPS) is 30.7. The molecule has 2 aliphatic carbocycles. The SMILES string of the molecule is Cc1cc(NC(=O)CN2CCN(C(=O)C3C[C@H]4CC[C@@H](C3)C43SCCS3)CC2)no1. The summed E-state index contributed by atoms with van der Waals surface area (Å²) in [5, 5.41) is 6.56. The lowest BCUT2D eigenvalue weighted by molar-refractivity contribution is -0.139. The van der Waals surface area contributed by atoms with Gasteiger partial charge in [0.2, 0.25) is 11.8 Å². The Bertz CT molecular complexity index is 786. The van der Waals surface area contributed by atoms with Gasteiger partial charge in [0.25, 0.3) is 0 Å². The summed E-state index contributed by atoms with van der Waals surface area (Å²) >= 11 is 4.37. The third kappa shape index (κ3) is 3.88. The summed E-state index contributed by atoms with van der Waals surface area (Å²) in [6, 6.07) is 1.71. The highest BCUT2D eigenvalue weighted by Gasteiger charge is 2.57. The lowest BCUT2D eigenvalue weighted by Gasteiger charge is -2.44. The van der Waals surface area contributed by atoms with Crippen molar-refractivity contribution in [3.8, 4) is 0 Å². The Morgan fingerprint density at radius 2 is 1.83 bits per heavy atom. The Balaban J connectivity index is 1.10. The molecule has 1 unspecified atom stereocenters. The lowest BCUT2D eigenvalue weighted by atomic mass is 9.79. The van der Waals surface area contributed by atoms with E-state index in [1.54, 1.807) is 13.0 Å². The minimum Gasteiger partial charge on any atom is -0.360 e. The molecule has 164 valence electrons. The Labute approximate surface area is 186 Å². The van der Waals surface area contributed by atoms with Gasteiger partial charge in [-0.2, -0.15) is 0 Å². The topological polar surface area (TPSA) is 78.7 Å². The molecule has 1 aromatic rings. The molecule has 3 heterocycles. The molecule has 3 atom stereocenters. The van der Waals surface area contributed by atoms with Crippen molar-refractivity contribution >= 4 is 41.2 Å². The molecule has 1 aromatic heterocycles. The summed E-state index contributed by atoms with van der Waals surface area (Å²) in [6.45, 7) is 5.03. The molecule has 7 nitrogen and oxygen atoms in total. The van der Waals surface area contributed by atoms with Crippen LogP contribution in [0.3, 0.4) is 0 Å². The van der Waals surface area contributed by atoms with Gasteiger partial charge in [0.05, 0.1) is 10.6 Å². The van der Waals surface area contributed by atoms with Gasteiger partial charge >= 0.3 is 0 Å². The van der Waals surface area contributed by atoms with E-state index in [4.69, 9.17) is 4.52 Å². The van der Waals surface area contributed by atoms with Crippen molar-refractivity contribution in [1.82, 2.24) is 15.0 Å². The van der Waals surface area contributed by atoms with Gasteiger partial charge in [0.15, 0.2) is 5.82 Å². The Kier molecular flexibility index (Phi) is 5.79. The van der Waals surface area contributed by atoms with Crippen LogP contribution in [0.2, 0.25) is 0 Å². The lowest BCUT2D eigenvalue weighted by Crippen LogP contribution is -2.53. The number of aryl methyl sites for hydroxylation is 1. The number of amides is 2. The third-order valence-corrected chi connectivity index (χ3v) is 11.2. The van der Waals surface area contributed by atoms with Crippen LogP contribution in [-0.2, 0) is 9.59 Å². The molecule has 4 aliphatic rings. The Morgan fingerprint density at radius 3 is 2.43 bits per heavy atom. The van der Waals surface area contributed by atoms with E-state index in [0.717, 1.165) is 39.0 Å². The van der Waals surface area contributed by atoms with Crippen molar-refractivity contribution in [3.63, 3.8) is 0 Å². The Hall–Kier alpha value is -1.19. The molecule has 2 amide bonds. The highest BCUT2D eigenvalue weighted by atomic mass is 32.2. The average molecular weight is 451 g/mol. The van der Waals surface area contributed by atoms with Crippen LogP contribution >= 0.6 is 23.5 Å². The van der Waals surface area contributed by atoms with Crippen molar-refractivity contribution < 1.29 is 14.1 Å². The standard InChI is InChI=1S/C21H30N4O3S2/c1-14-10-18(23-28-14)22-19(26)13-24-4-6-25(7-5-24)20(27)15-11-16-2-3-17(12-15)21(16)29-8-9-30-21/h10,15-17H,2-9,11-13H2,1H3,(H,22,23,26)/t15?,16-,17+. The molecule has 1 spiro atoms. The van der Waals surface area contributed by atoms with Crippen LogP contribution in [0.15, 0.2) is 10.6 Å². The van der Waals surface area contributed by atoms with Crippen molar-refractivity contribution in [3.05, 3.63) is 11.8 Å². The number of nitrogens with one attached hydrogen (secondary N) is 1. The third-order valence-electron chi connectivity index (χ3n) is 7.17. The zero-order valence-electron chi connectivity index (χ0n) is 17.5. The fraction of sp³-hybridized carbons (Fsp3) is 0.762. The monoisotopic (exact) mass is 450 g/mol. The largest absolute Gasteiger partial charge is 0.360 e. The van der Waals surface area contributed by atoms with E-state index < -0.39 is 0 Å². The molecule has 2 saturated heterocycles. The molecule has 30 heavy (non-hydrogen) atoms. The van der Waals surface area contributed by atoms with Crippen LogP contribution in [-0.4, -0.2) is 75.1 Å². The van der Waals surface area contributed by atoms with Crippen LogP contribution in [0.25, 0.3) is 0 Å². The van der Waals surface area contributed by atoms with Crippen molar-refractivity contribution in [1.29, 1.82) is 0 Å². The first-order chi connectivity index (χ1) is 14.5. The second-order valence-corrected chi connectivity index (χ2v) is 12.0. The maximum Gasteiger partial charge on any atom is 0.239 e. The van der Waals surface area contributed by atoms with Crippen molar-refractivity contribution in [2.75, 3.05) is 49.5 Å². The predicted molar refractivity (Wildman–Crippen MR) is 119 cm³/mol. The molecule has 2 bridgehead atoms. The summed E-state index contributed by atoms with van der Waals surface area (Å²) in [4.78, 5) is 29.6. The summed E-state index contributed by atoms with van der Waals surface area (Å²) in [7, 11) is 0. The number of carbonyl (C=O) groups is 2. The predicted octanol–water partition coefficient (Wildman–Crippen LogP) is 2.68. The van der Waals surface area contributed by atoms with E-state index in [1.807, 2.05) is 4.90 Å². The molecule has 9 heteroatoms. The van der Waals surface area contributed by atoms with Crippen LogP contribution in [0.4, 0.5) is 5.82 Å². The molecule has 2 saturated carbocycles. The molecule has 2 aliphatic heterocycles. The smallest absolute Gasteiger partial charge is 0.239 e. The van der Waals surface area contributed by atoms with Crippen LogP contribution < -0.4 is 5.32 Å². The van der Waals surface area contributed by atoms with E-state index in [2.05, 4.69) is 38.9 Å². The minimum atomic E-state index is -0.0937. The second kappa shape index (κ2) is 8.39. The average Bonchev–Trinajstić information content (AvgIpc) is 3.41. The van der Waals surface area contributed by atoms with Gasteiger partial charge in [-0.05, 0) is 44.4 Å². The van der Waals surface area contributed by atoms with Crippen molar-refractivity contribution in [2.24, 2.45) is 17.8 Å². The number of aromatic nitrogens is 1. The van der Waals surface area contributed by atoms with Gasteiger partial charge in [-0.15, -0.1) is 23.5 Å². The number of hydrogen-bond acceptors (Lipinski definition) is 7. The van der Waals surface area contributed by atoms with Crippen LogP contribution in [0, 0.1) is 24.7 Å². The van der Waals surface area contributed by atoms with Crippen molar-refractivity contribution in [2.45, 2.75) is 36.7 Å². The zero-order chi connectivity index (χ0) is 20.7. The Morgan fingerprint density at radius 1 is 1.17 bits per heavy atom. The van der Waals surface area contributed by atoms with Gasteiger partial charge < -0.3 is 14.7 Å². The fourth-order valence-corrected chi connectivity index (χ4v) is 9.74. The summed E-state index contributed by atoms with van der Waals surface area (Å²) in [5.74, 6) is 5.59. The van der Waals surface area contributed by atoms with E-state index in [1.165, 1.54) is 24.3 Å².